The Morgan fingerprint density at radius 3 is 2.69 bits per heavy atom. The van der Waals surface area contributed by atoms with Gasteiger partial charge in [0.05, 0.1) is 11.2 Å². The van der Waals surface area contributed by atoms with E-state index in [4.69, 9.17) is 16.7 Å². The van der Waals surface area contributed by atoms with Gasteiger partial charge in [-0.05, 0) is 25.0 Å². The molecule has 0 saturated heterocycles. The number of carbonyl (C=O) groups is 2. The van der Waals surface area contributed by atoms with Crippen LogP contribution in [0.2, 0.25) is 5.02 Å². The number of aromatic nitrogens is 3. The zero-order valence-corrected chi connectivity index (χ0v) is 14.9. The van der Waals surface area contributed by atoms with Crippen molar-refractivity contribution >= 4 is 23.5 Å². The van der Waals surface area contributed by atoms with Crippen molar-refractivity contribution in [3.05, 3.63) is 40.9 Å². The van der Waals surface area contributed by atoms with E-state index >= 15 is 0 Å². The molecule has 1 heterocycles. The van der Waals surface area contributed by atoms with Crippen molar-refractivity contribution in [1.29, 1.82) is 0 Å². The normalized spacial score (nSPS) is 10.7. The van der Waals surface area contributed by atoms with Gasteiger partial charge in [0.25, 0.3) is 5.91 Å². The average Bonchev–Trinajstić information content (AvgIpc) is 3.09. The zero-order valence-electron chi connectivity index (χ0n) is 14.1. The minimum absolute atomic E-state index is 0.0349. The molecule has 0 bridgehead atoms. The van der Waals surface area contributed by atoms with Crippen LogP contribution in [-0.4, -0.2) is 38.5 Å². The Kier molecular flexibility index (Phi) is 7.53. The Hall–Kier alpha value is -2.48. The molecule has 0 saturated carbocycles. The van der Waals surface area contributed by atoms with Crippen molar-refractivity contribution in [2.75, 3.05) is 6.54 Å². The summed E-state index contributed by atoms with van der Waals surface area (Å²) < 4.78 is 15.1. The van der Waals surface area contributed by atoms with Gasteiger partial charge in [0.1, 0.15) is 5.69 Å². The second kappa shape index (κ2) is 9.86. The van der Waals surface area contributed by atoms with Gasteiger partial charge >= 0.3 is 5.97 Å². The van der Waals surface area contributed by atoms with Gasteiger partial charge in [-0.15, -0.1) is 5.10 Å². The number of nitrogens with zero attached hydrogens (tertiary/aromatic N) is 3. The summed E-state index contributed by atoms with van der Waals surface area (Å²) in [6.45, 7) is 0.482. The van der Waals surface area contributed by atoms with Crippen molar-refractivity contribution < 1.29 is 19.1 Å². The van der Waals surface area contributed by atoms with Crippen LogP contribution in [0.3, 0.4) is 0 Å². The highest BCUT2D eigenvalue weighted by Crippen LogP contribution is 2.20. The van der Waals surface area contributed by atoms with E-state index in [9.17, 15) is 14.0 Å². The van der Waals surface area contributed by atoms with Crippen LogP contribution in [0.25, 0.3) is 5.69 Å². The number of unbranched alkanes of at least 4 members (excludes halogenated alkanes) is 4. The number of amides is 1. The molecular weight excluding hydrogens is 363 g/mol. The van der Waals surface area contributed by atoms with E-state index in [1.165, 1.54) is 23.0 Å². The summed E-state index contributed by atoms with van der Waals surface area (Å²) in [5, 5.41) is 18.8. The minimum atomic E-state index is -0.775. The highest BCUT2D eigenvalue weighted by molar-refractivity contribution is 6.30. The topological polar surface area (TPSA) is 97.1 Å². The number of nitrogens with one attached hydrogen (secondary N) is 1. The minimum Gasteiger partial charge on any atom is -0.481 e. The fourth-order valence-electron chi connectivity index (χ4n) is 2.38. The smallest absolute Gasteiger partial charge is 0.303 e. The van der Waals surface area contributed by atoms with Crippen LogP contribution in [-0.2, 0) is 4.79 Å². The Balaban J connectivity index is 1.74. The van der Waals surface area contributed by atoms with Gasteiger partial charge in [-0.25, -0.2) is 9.07 Å². The van der Waals surface area contributed by atoms with Crippen LogP contribution >= 0.6 is 11.6 Å². The van der Waals surface area contributed by atoms with Gasteiger partial charge in [-0.1, -0.05) is 42.1 Å². The molecule has 9 heteroatoms. The molecule has 1 aromatic carbocycles. The molecule has 0 aliphatic carbocycles. The molecule has 140 valence electrons. The molecule has 0 aliphatic heterocycles. The van der Waals surface area contributed by atoms with Crippen LogP contribution in [0, 0.1) is 5.82 Å². The lowest BCUT2D eigenvalue weighted by Gasteiger charge is -2.03. The quantitative estimate of drug-likeness (QED) is 0.615. The number of carboxylic acid groups (broad SMARTS) is 1. The maximum absolute atomic E-state index is 14.0. The summed E-state index contributed by atoms with van der Waals surface area (Å²) in [5.74, 6) is -1.79. The molecule has 2 rings (SSSR count). The van der Waals surface area contributed by atoms with Gasteiger partial charge in [-0.2, -0.15) is 0 Å². The second-order valence-electron chi connectivity index (χ2n) is 5.79. The standard InChI is InChI=1S/C17H20ClFN4O3/c18-12-7-6-8-14(16(12)19)23-11-13(21-22-23)17(26)20-10-5-3-1-2-4-9-15(24)25/h6-8,11H,1-5,9-10H2,(H,20,26)(H,24,25). The molecule has 0 atom stereocenters. The molecule has 0 spiro atoms. The molecule has 0 radical (unpaired) electrons. The van der Waals surface area contributed by atoms with Crippen molar-refractivity contribution in [1.82, 2.24) is 20.3 Å². The molecule has 2 aromatic rings. The first-order valence-corrected chi connectivity index (χ1v) is 8.73. The largest absolute Gasteiger partial charge is 0.481 e. The maximum Gasteiger partial charge on any atom is 0.303 e. The zero-order chi connectivity index (χ0) is 18.9. The van der Waals surface area contributed by atoms with Crippen LogP contribution in [0.4, 0.5) is 4.39 Å². The van der Waals surface area contributed by atoms with Gasteiger partial charge in [-0.3, -0.25) is 9.59 Å². The third kappa shape index (κ3) is 5.80. The van der Waals surface area contributed by atoms with Crippen LogP contribution in [0.5, 0.6) is 0 Å². The van der Waals surface area contributed by atoms with E-state index in [1.54, 1.807) is 6.07 Å². The molecule has 0 unspecified atom stereocenters. The predicted molar refractivity (Wildman–Crippen MR) is 94.0 cm³/mol. The predicted octanol–water partition coefficient (Wildman–Crippen LogP) is 3.21. The first kappa shape index (κ1) is 19.8. The highest BCUT2D eigenvalue weighted by atomic mass is 35.5. The monoisotopic (exact) mass is 382 g/mol. The molecule has 1 aromatic heterocycles. The summed E-state index contributed by atoms with van der Waals surface area (Å²) in [4.78, 5) is 22.4. The van der Waals surface area contributed by atoms with E-state index in [0.717, 1.165) is 25.7 Å². The van der Waals surface area contributed by atoms with Crippen molar-refractivity contribution in [2.24, 2.45) is 0 Å². The lowest BCUT2D eigenvalue weighted by molar-refractivity contribution is -0.137. The Morgan fingerprint density at radius 1 is 1.19 bits per heavy atom. The van der Waals surface area contributed by atoms with E-state index in [-0.39, 0.29) is 28.7 Å². The fraction of sp³-hybridized carbons (Fsp3) is 0.412. The number of carboxylic acids is 1. The Morgan fingerprint density at radius 2 is 1.92 bits per heavy atom. The maximum atomic E-state index is 14.0. The molecule has 26 heavy (non-hydrogen) atoms. The number of halogens is 2. The van der Waals surface area contributed by atoms with Gasteiger partial charge < -0.3 is 10.4 Å². The number of hydrogen-bond acceptors (Lipinski definition) is 4. The summed E-state index contributed by atoms with van der Waals surface area (Å²) >= 11 is 5.73. The summed E-state index contributed by atoms with van der Waals surface area (Å²) in [6, 6.07) is 4.49. The third-order valence-electron chi connectivity index (χ3n) is 3.76. The van der Waals surface area contributed by atoms with E-state index in [2.05, 4.69) is 15.6 Å². The molecule has 1 amide bonds. The number of rotatable bonds is 10. The Labute approximate surface area is 155 Å². The fourth-order valence-corrected chi connectivity index (χ4v) is 2.55. The van der Waals surface area contributed by atoms with Crippen LogP contribution in [0.15, 0.2) is 24.4 Å². The average molecular weight is 383 g/mol. The SMILES string of the molecule is O=C(O)CCCCCCCNC(=O)c1cn(-c2cccc(Cl)c2F)nn1. The van der Waals surface area contributed by atoms with Gasteiger partial charge in [0.2, 0.25) is 0 Å². The Bertz CT molecular complexity index is 766. The lowest BCUT2D eigenvalue weighted by atomic mass is 10.1. The molecular formula is C17H20ClFN4O3. The summed E-state index contributed by atoms with van der Waals surface area (Å²) in [6.07, 6.45) is 5.68. The van der Waals surface area contributed by atoms with E-state index < -0.39 is 11.8 Å². The molecule has 0 aliphatic rings. The number of carbonyl (C=O) groups excluding carboxylic acids is 1. The second-order valence-corrected chi connectivity index (χ2v) is 6.20. The van der Waals surface area contributed by atoms with Crippen LogP contribution < -0.4 is 5.32 Å². The number of aliphatic carboxylic acids is 1. The number of benzene rings is 1. The summed E-state index contributed by atoms with van der Waals surface area (Å²) in [5.41, 5.74) is 0.205. The van der Waals surface area contributed by atoms with Crippen molar-refractivity contribution in [3.63, 3.8) is 0 Å². The van der Waals surface area contributed by atoms with Gasteiger partial charge in [0, 0.05) is 13.0 Å². The molecule has 2 N–H and O–H groups in total. The van der Waals surface area contributed by atoms with Crippen LogP contribution in [0.1, 0.15) is 49.0 Å². The highest BCUT2D eigenvalue weighted by Gasteiger charge is 2.14. The first-order valence-electron chi connectivity index (χ1n) is 8.36. The molecule has 0 fully saturated rings. The van der Waals surface area contributed by atoms with Crippen molar-refractivity contribution in [3.8, 4) is 5.69 Å². The van der Waals surface area contributed by atoms with Crippen molar-refractivity contribution in [2.45, 2.75) is 38.5 Å². The van der Waals surface area contributed by atoms with E-state index in [0.29, 0.717) is 13.0 Å². The van der Waals surface area contributed by atoms with E-state index in [1.807, 2.05) is 0 Å². The third-order valence-corrected chi connectivity index (χ3v) is 4.05. The first-order chi connectivity index (χ1) is 12.5. The van der Waals surface area contributed by atoms with Gasteiger partial charge in [0.15, 0.2) is 11.5 Å². The lowest BCUT2D eigenvalue weighted by Crippen LogP contribution is -2.24. The number of hydrogen-bond donors (Lipinski definition) is 2. The summed E-state index contributed by atoms with van der Waals surface area (Å²) in [7, 11) is 0. The molecule has 7 nitrogen and oxygen atoms in total.